The van der Waals surface area contributed by atoms with E-state index in [1.165, 1.54) is 0 Å². The van der Waals surface area contributed by atoms with Gasteiger partial charge < -0.3 is 0 Å². The van der Waals surface area contributed by atoms with Gasteiger partial charge in [-0.1, -0.05) is 0 Å². The summed E-state index contributed by atoms with van der Waals surface area (Å²) in [5, 5.41) is 7.97. The van der Waals surface area contributed by atoms with Crippen molar-refractivity contribution in [3.8, 4) is 0 Å². The monoisotopic (exact) mass is 405 g/mol. The van der Waals surface area contributed by atoms with Crippen molar-refractivity contribution in [2.75, 3.05) is 6.54 Å². The molecule has 0 bridgehead atoms. The van der Waals surface area contributed by atoms with Gasteiger partial charge in [0.15, 0.2) is 0 Å². The minimum absolute atomic E-state index is 0.504. The van der Waals surface area contributed by atoms with Gasteiger partial charge in [0.1, 0.15) is 0 Å². The Bertz CT molecular complexity index is 197. The molecule has 9 heavy (non-hydrogen) atoms. The molecule has 0 aliphatic rings. The first-order valence-corrected chi connectivity index (χ1v) is 11.5. The van der Waals surface area contributed by atoms with E-state index >= 15 is 0 Å². The van der Waals surface area contributed by atoms with E-state index in [4.69, 9.17) is 5.11 Å². The molecule has 0 spiro atoms. The molecular formula is C2H4NO4RfS. The predicted octanol–water partition coefficient (Wildman–Crippen LogP) is -1.55. The second kappa shape index (κ2) is 2.10. The van der Waals surface area contributed by atoms with Gasteiger partial charge in [-0.15, -0.1) is 0 Å². The van der Waals surface area contributed by atoms with Crippen molar-refractivity contribution in [2.45, 2.75) is 0 Å². The molecule has 0 amide bonds. The van der Waals surface area contributed by atoms with E-state index in [1.54, 1.807) is 0 Å². The maximum absolute atomic E-state index is 10.3. The molecule has 0 heterocycles. The maximum atomic E-state index is 10.3. The van der Waals surface area contributed by atoms with Crippen molar-refractivity contribution in [3.63, 3.8) is 0 Å². The Hall–Kier alpha value is -1.62. The summed E-state index contributed by atoms with van der Waals surface area (Å²) in [5.74, 6) is -1.16. The van der Waals surface area contributed by atoms with E-state index in [2.05, 4.69) is 0 Å². The molecule has 0 saturated heterocycles. The van der Waals surface area contributed by atoms with E-state index in [9.17, 15) is 13.2 Å². The number of carbonyl (C=O) groups is 1. The van der Waals surface area contributed by atoms with E-state index in [1.807, 2.05) is 4.72 Å². The third-order valence-electron chi connectivity index (χ3n) is 0.443. The van der Waals surface area contributed by atoms with Crippen LogP contribution < -0.4 is 4.72 Å². The normalized spacial score (nSPS) is 11.3. The number of nitrogens with one attached hydrogen (secondary N) is 1. The third-order valence-corrected chi connectivity index (χ3v) is 3.80. The van der Waals surface area contributed by atoms with E-state index in [-0.39, 0.29) is 0 Å². The second-order valence-corrected chi connectivity index (χ2v) is 13.2. The Morgan fingerprint density at radius 1 is 1.67 bits per heavy atom. The average molecular weight is 405 g/mol. The molecule has 0 saturated carbocycles. The number of hydrogen-bond donors (Lipinski definition) is 2. The van der Waals surface area contributed by atoms with Gasteiger partial charge in [0, 0.05) is 0 Å². The van der Waals surface area contributed by atoms with E-state index in [0.717, 1.165) is 0 Å². The first-order valence-electron chi connectivity index (χ1n) is 1.96. The van der Waals surface area contributed by atoms with Crippen molar-refractivity contribution in [2.24, 2.45) is 0 Å². The fourth-order valence-corrected chi connectivity index (χ4v) is 1.90. The van der Waals surface area contributed by atoms with Crippen molar-refractivity contribution in [1.82, 2.24) is 4.72 Å². The zero-order valence-electron chi connectivity index (χ0n) is 4.49. The van der Waals surface area contributed by atoms with Gasteiger partial charge in [0.05, 0.1) is 0 Å². The molecule has 0 aliphatic heterocycles. The zero-order valence-corrected chi connectivity index (χ0v) is 11.7. The summed E-state index contributed by atoms with van der Waals surface area (Å²) < 4.78 is 21.8. The Balaban J connectivity index is 3.67. The second-order valence-electron chi connectivity index (χ2n) is 1.33. The molecule has 0 fully saturated rings. The molecule has 5 nitrogen and oxygen atoms in total. The fourth-order valence-electron chi connectivity index (χ4n) is 0.172. The molecule has 0 unspecified atom stereocenters. The van der Waals surface area contributed by atoms with Crippen LogP contribution in [0.5, 0.6) is 0 Å². The molecule has 49 valence electrons. The van der Waals surface area contributed by atoms with Gasteiger partial charge in [-0.2, -0.15) is 0 Å². The molecule has 0 atom stereocenters. The Kier molecular flexibility index (Phi) is 1.72. The Morgan fingerprint density at radius 3 is 2.22 bits per heavy atom. The van der Waals surface area contributed by atoms with Crippen LogP contribution in [0.4, 0.5) is 0 Å². The molecule has 0 aliphatic carbocycles. The van der Waals surface area contributed by atoms with Crippen LogP contribution in [0.2, 0.25) is 0 Å². The summed E-state index contributed by atoms with van der Waals surface area (Å²) in [4.78, 5) is 9.74. The van der Waals surface area contributed by atoms with Gasteiger partial charge in [-0.25, -0.2) is 0 Å². The average Bonchev–Trinajstić information content (AvgIpc) is 1.59. The van der Waals surface area contributed by atoms with Crippen LogP contribution in [-0.4, -0.2) is 26.0 Å². The van der Waals surface area contributed by atoms with E-state index in [0.29, 0.717) is 0 Å². The molecular weight excluding hydrogens is 401 g/mol. The molecule has 2 N–H and O–H groups in total. The van der Waals surface area contributed by atoms with Gasteiger partial charge >= 0.3 is 46.4 Å². The van der Waals surface area contributed by atoms with Crippen LogP contribution in [0, 0.1) is 0 Å². The quantitative estimate of drug-likeness (QED) is 0.596. The summed E-state index contributed by atoms with van der Waals surface area (Å²) in [6.45, 7) is -0.504. The SMILES string of the molecule is O=C(O)CN[S](=O)(=O)[Rf]. The Morgan fingerprint density at radius 2 is 2.11 bits per heavy atom. The molecule has 0 radical (unpaired) electrons. The van der Waals surface area contributed by atoms with Crippen LogP contribution in [0.15, 0.2) is 0 Å². The molecule has 0 rings (SSSR count). The third kappa shape index (κ3) is 6.38. The van der Waals surface area contributed by atoms with Gasteiger partial charge in [-0.05, 0) is 0 Å². The number of aliphatic carboxylic acids is 1. The topological polar surface area (TPSA) is 83.5 Å². The zero-order chi connectivity index (χ0) is 7.49. The van der Waals surface area contributed by atoms with Crippen molar-refractivity contribution < 1.29 is 18.3 Å². The summed E-state index contributed by atoms with van der Waals surface area (Å²) in [6.07, 6.45) is 0. The molecule has 0 aromatic rings. The molecule has 0 aromatic heterocycles. The van der Waals surface area contributed by atoms with Crippen LogP contribution >= 0.6 is 0 Å². The summed E-state index contributed by atoms with van der Waals surface area (Å²) >= 11 is 0. The van der Waals surface area contributed by atoms with Crippen LogP contribution in [0.3, 0.4) is 0 Å². The summed E-state index contributed by atoms with van der Waals surface area (Å²) in [6, 6.07) is 0. The van der Waals surface area contributed by atoms with Crippen LogP contribution in [0.1, 0.15) is 0 Å². The Labute approximate surface area is 47.4 Å². The van der Waals surface area contributed by atoms with Crippen LogP contribution in [0.25, 0.3) is 0 Å². The fraction of sp³-hybridized carbons (Fsp3) is 0.500. The van der Waals surface area contributed by atoms with Crippen LogP contribution in [-0.2, 0) is 15.7 Å². The van der Waals surface area contributed by atoms with E-state index < -0.39 is 23.4 Å². The number of carboxylic acid groups (broad SMARTS) is 1. The van der Waals surface area contributed by atoms with Gasteiger partial charge in [-0.3, -0.25) is 0 Å². The first kappa shape index (κ1) is 7.38. The number of hydrogen-bond acceptors (Lipinski definition) is 3. The molecule has 7 heteroatoms. The number of carboxylic acids is 1. The summed E-state index contributed by atoms with van der Waals surface area (Å²) in [7, 11) is -3.14. The minimum atomic E-state index is -3.14. The predicted molar refractivity (Wildman–Crippen MR) is 24.6 cm³/mol. The van der Waals surface area contributed by atoms with Crippen molar-refractivity contribution in [3.05, 3.63) is 0 Å². The van der Waals surface area contributed by atoms with Crippen molar-refractivity contribution >= 4 is 16.9 Å². The molecule has 0 aromatic carbocycles. The standard InChI is InChI=1S/C2H4NO4S.Rf/c4-2(5)1-3-8(6)7;/h1H2,(H,4,5)(H,3,6,7);. The van der Waals surface area contributed by atoms with Crippen molar-refractivity contribution in [1.29, 1.82) is 0 Å². The first-order chi connectivity index (χ1) is 3.92. The number of rotatable bonds is 3. The van der Waals surface area contributed by atoms with Gasteiger partial charge in [0.25, 0.3) is 0 Å². The summed E-state index contributed by atoms with van der Waals surface area (Å²) in [5.41, 5.74) is 0. The van der Waals surface area contributed by atoms with Gasteiger partial charge in [0.2, 0.25) is 0 Å².